The average molecular weight is 308 g/mol. The number of ketones is 1. The Morgan fingerprint density at radius 1 is 1.20 bits per heavy atom. The first-order valence-corrected chi connectivity index (χ1v) is 6.66. The Kier molecular flexibility index (Phi) is 4.90. The molecule has 0 amide bonds. The van der Waals surface area contributed by atoms with E-state index in [0.29, 0.717) is 0 Å². The molecule has 0 spiro atoms. The van der Waals surface area contributed by atoms with Crippen molar-refractivity contribution >= 4 is 21.9 Å². The van der Waals surface area contributed by atoms with Crippen molar-refractivity contribution in [2.75, 3.05) is 6.61 Å². The largest absolute Gasteiger partial charge is 0.458 e. The predicted molar refractivity (Wildman–Crippen MR) is 62.8 cm³/mol. The summed E-state index contributed by atoms with van der Waals surface area (Å²) in [6.07, 6.45) is -0.814. The van der Waals surface area contributed by atoms with Crippen molar-refractivity contribution in [2.45, 2.75) is 11.7 Å². The van der Waals surface area contributed by atoms with Crippen LogP contribution in [0.4, 0.5) is 8.78 Å². The molecule has 0 saturated carbocycles. The van der Waals surface area contributed by atoms with Crippen LogP contribution < -0.4 is 0 Å². The molecule has 0 heterocycles. The molecular weight excluding hydrogens is 298 g/mol. The van der Waals surface area contributed by atoms with Gasteiger partial charge in [-0.2, -0.15) is 17.2 Å². The Morgan fingerprint density at radius 3 is 2.25 bits per heavy atom. The summed E-state index contributed by atoms with van der Waals surface area (Å²) in [5.41, 5.74) is 0.186. The smallest absolute Gasteiger partial charge is 0.402 e. The molecule has 0 radical (unpaired) electrons. The van der Waals surface area contributed by atoms with Crippen molar-refractivity contribution in [1.82, 2.24) is 0 Å². The van der Waals surface area contributed by atoms with Gasteiger partial charge in [0.25, 0.3) is 0 Å². The average Bonchev–Trinajstić information content (AvgIpc) is 2.36. The molecule has 0 saturated heterocycles. The molecule has 1 rings (SSSR count). The predicted octanol–water partition coefficient (Wildman–Crippen LogP) is 1.28. The van der Waals surface area contributed by atoms with Crippen molar-refractivity contribution in [3.63, 3.8) is 0 Å². The van der Waals surface area contributed by atoms with Gasteiger partial charge in [0.2, 0.25) is 0 Å². The summed E-state index contributed by atoms with van der Waals surface area (Å²) in [4.78, 5) is 22.7. The van der Waals surface area contributed by atoms with E-state index in [9.17, 15) is 26.8 Å². The second-order valence-electron chi connectivity index (χ2n) is 3.74. The number of ether oxygens (including phenoxy) is 1. The van der Waals surface area contributed by atoms with Crippen LogP contribution in [0.2, 0.25) is 0 Å². The van der Waals surface area contributed by atoms with Gasteiger partial charge >= 0.3 is 21.3 Å². The van der Waals surface area contributed by atoms with Crippen LogP contribution in [0, 0.1) is 0 Å². The lowest BCUT2D eigenvalue weighted by Crippen LogP contribution is -2.34. The highest BCUT2D eigenvalue weighted by Crippen LogP contribution is 2.20. The second-order valence-corrected chi connectivity index (χ2v) is 5.29. The van der Waals surface area contributed by atoms with Crippen molar-refractivity contribution < 1.29 is 36.1 Å². The monoisotopic (exact) mass is 308 g/mol. The molecule has 1 aromatic carbocycles. The zero-order chi connectivity index (χ0) is 15.4. The first-order valence-electron chi connectivity index (χ1n) is 5.22. The maximum absolute atomic E-state index is 12.8. The van der Waals surface area contributed by atoms with E-state index >= 15 is 0 Å². The van der Waals surface area contributed by atoms with E-state index in [1.807, 2.05) is 0 Å². The highest BCUT2D eigenvalue weighted by atomic mass is 32.2. The number of hydrogen-bond donors (Lipinski definition) is 1. The molecule has 0 fully saturated rings. The molecule has 0 aliphatic carbocycles. The quantitative estimate of drug-likeness (QED) is 0.368. The molecule has 0 bridgehead atoms. The SMILES string of the molecule is O=C(CC(=O)c1ccccc1)OCC(F)(F)S(=O)(=O)O. The maximum atomic E-state index is 12.8. The molecule has 9 heteroatoms. The molecule has 0 atom stereocenters. The molecule has 20 heavy (non-hydrogen) atoms. The minimum Gasteiger partial charge on any atom is -0.458 e. The van der Waals surface area contributed by atoms with E-state index in [2.05, 4.69) is 4.74 Å². The number of carbonyl (C=O) groups is 2. The van der Waals surface area contributed by atoms with Crippen LogP contribution in [0.5, 0.6) is 0 Å². The van der Waals surface area contributed by atoms with Crippen molar-refractivity contribution in [3.8, 4) is 0 Å². The van der Waals surface area contributed by atoms with Crippen LogP contribution in [0.15, 0.2) is 30.3 Å². The number of hydrogen-bond acceptors (Lipinski definition) is 5. The fourth-order valence-electron chi connectivity index (χ4n) is 1.15. The van der Waals surface area contributed by atoms with Gasteiger partial charge in [0.15, 0.2) is 12.4 Å². The second kappa shape index (κ2) is 6.06. The van der Waals surface area contributed by atoms with E-state index in [0.717, 1.165) is 0 Å². The van der Waals surface area contributed by atoms with Crippen LogP contribution in [0.25, 0.3) is 0 Å². The minimum absolute atomic E-state index is 0.186. The summed E-state index contributed by atoms with van der Waals surface area (Å²) in [5.74, 6) is -1.98. The molecule has 0 aromatic heterocycles. The van der Waals surface area contributed by atoms with Crippen LogP contribution in [-0.4, -0.2) is 36.6 Å². The van der Waals surface area contributed by atoms with Gasteiger partial charge in [-0.3, -0.25) is 14.1 Å². The summed E-state index contributed by atoms with van der Waals surface area (Å²) in [6, 6.07) is 7.57. The summed E-state index contributed by atoms with van der Waals surface area (Å²) >= 11 is 0. The first kappa shape index (κ1) is 16.2. The molecule has 6 nitrogen and oxygen atoms in total. The maximum Gasteiger partial charge on any atom is 0.402 e. The minimum atomic E-state index is -5.67. The van der Waals surface area contributed by atoms with Gasteiger partial charge in [0.05, 0.1) is 0 Å². The summed E-state index contributed by atoms with van der Waals surface area (Å²) in [7, 11) is -5.67. The molecule has 110 valence electrons. The first-order chi connectivity index (χ1) is 9.13. The van der Waals surface area contributed by atoms with Gasteiger partial charge < -0.3 is 4.74 Å². The standard InChI is InChI=1S/C11H10F2O6S/c12-11(13,20(16,17)18)7-19-10(15)6-9(14)8-4-2-1-3-5-8/h1-5H,6-7H2,(H,16,17,18). The van der Waals surface area contributed by atoms with Gasteiger partial charge in [0, 0.05) is 5.56 Å². The number of rotatable bonds is 6. The number of esters is 1. The molecule has 1 N–H and O–H groups in total. The summed E-state index contributed by atoms with van der Waals surface area (Å²) in [5, 5.41) is -4.61. The lowest BCUT2D eigenvalue weighted by molar-refractivity contribution is -0.148. The lowest BCUT2D eigenvalue weighted by Gasteiger charge is -2.12. The lowest BCUT2D eigenvalue weighted by atomic mass is 10.1. The van der Waals surface area contributed by atoms with Crippen LogP contribution in [0.3, 0.4) is 0 Å². The number of alkyl halides is 2. The Morgan fingerprint density at radius 2 is 1.75 bits per heavy atom. The molecule has 1 aromatic rings. The number of halogens is 2. The van der Waals surface area contributed by atoms with Gasteiger partial charge in [-0.1, -0.05) is 30.3 Å². The Labute approximate surface area is 113 Å². The Hall–Kier alpha value is -1.87. The Balaban J connectivity index is 2.56. The van der Waals surface area contributed by atoms with Crippen molar-refractivity contribution in [2.24, 2.45) is 0 Å². The van der Waals surface area contributed by atoms with Crippen molar-refractivity contribution in [1.29, 1.82) is 0 Å². The van der Waals surface area contributed by atoms with Gasteiger partial charge in [-0.05, 0) is 0 Å². The van der Waals surface area contributed by atoms with E-state index in [-0.39, 0.29) is 5.56 Å². The van der Waals surface area contributed by atoms with Gasteiger partial charge in [-0.15, -0.1) is 0 Å². The van der Waals surface area contributed by atoms with E-state index in [4.69, 9.17) is 4.55 Å². The number of Topliss-reactive ketones (excluding diaryl/α,β-unsaturated/α-hetero) is 1. The fraction of sp³-hybridized carbons (Fsp3) is 0.273. The third-order valence-electron chi connectivity index (χ3n) is 2.18. The summed E-state index contributed by atoms with van der Waals surface area (Å²) < 4.78 is 58.2. The topological polar surface area (TPSA) is 97.7 Å². The van der Waals surface area contributed by atoms with Crippen molar-refractivity contribution in [3.05, 3.63) is 35.9 Å². The third kappa shape index (κ3) is 4.35. The normalized spacial score (nSPS) is 11.9. The molecule has 0 aliphatic rings. The van der Waals surface area contributed by atoms with Crippen LogP contribution in [-0.2, 0) is 19.6 Å². The highest BCUT2D eigenvalue weighted by Gasteiger charge is 2.45. The van der Waals surface area contributed by atoms with Crippen LogP contribution in [0.1, 0.15) is 16.8 Å². The fourth-order valence-corrected chi connectivity index (χ4v) is 1.36. The molecule has 0 unspecified atom stereocenters. The zero-order valence-electron chi connectivity index (χ0n) is 9.95. The summed E-state index contributed by atoms with van der Waals surface area (Å²) in [6.45, 7) is -1.85. The zero-order valence-corrected chi connectivity index (χ0v) is 10.8. The van der Waals surface area contributed by atoms with Crippen LogP contribution >= 0.6 is 0 Å². The number of carbonyl (C=O) groups excluding carboxylic acids is 2. The highest BCUT2D eigenvalue weighted by molar-refractivity contribution is 7.86. The molecular formula is C11H10F2O6S. The van der Waals surface area contributed by atoms with E-state index in [1.54, 1.807) is 18.2 Å². The van der Waals surface area contributed by atoms with E-state index in [1.165, 1.54) is 12.1 Å². The van der Waals surface area contributed by atoms with Gasteiger partial charge in [0.1, 0.15) is 6.42 Å². The Bertz CT molecular complexity index is 597. The number of benzene rings is 1. The molecule has 0 aliphatic heterocycles. The van der Waals surface area contributed by atoms with E-state index < -0.39 is 40.2 Å². The third-order valence-corrected chi connectivity index (χ3v) is 3.05. The van der Waals surface area contributed by atoms with Gasteiger partial charge in [-0.25, -0.2) is 0 Å².